The molecular weight excluding hydrogens is 459 g/mol. The highest BCUT2D eigenvalue weighted by molar-refractivity contribution is 7.89. The molecule has 0 saturated carbocycles. The Morgan fingerprint density at radius 2 is 1.65 bits per heavy atom. The predicted molar refractivity (Wildman–Crippen MR) is 123 cm³/mol. The molecule has 31 heavy (non-hydrogen) atoms. The van der Waals surface area contributed by atoms with Crippen molar-refractivity contribution in [3.05, 3.63) is 87.9 Å². The summed E-state index contributed by atoms with van der Waals surface area (Å²) in [5.41, 5.74) is 1.54. The Bertz CT molecular complexity index is 1170. The van der Waals surface area contributed by atoms with Gasteiger partial charge in [-0.15, -0.1) is 0 Å². The van der Waals surface area contributed by atoms with Crippen molar-refractivity contribution < 1.29 is 17.9 Å². The number of benzene rings is 3. The lowest BCUT2D eigenvalue weighted by atomic mass is 10.2. The van der Waals surface area contributed by atoms with Gasteiger partial charge >= 0.3 is 0 Å². The molecule has 3 rings (SSSR count). The van der Waals surface area contributed by atoms with Gasteiger partial charge in [0, 0.05) is 27.8 Å². The fourth-order valence-electron chi connectivity index (χ4n) is 2.91. The van der Waals surface area contributed by atoms with E-state index in [4.69, 9.17) is 27.9 Å². The molecule has 9 heteroatoms. The quantitative estimate of drug-likeness (QED) is 0.487. The molecule has 0 aromatic heterocycles. The van der Waals surface area contributed by atoms with E-state index in [1.165, 1.54) is 43.5 Å². The molecule has 0 bridgehead atoms. The number of nitrogens with one attached hydrogen (secondary N) is 2. The van der Waals surface area contributed by atoms with E-state index in [0.29, 0.717) is 22.2 Å². The summed E-state index contributed by atoms with van der Waals surface area (Å²) in [5, 5.41) is 3.39. The van der Waals surface area contributed by atoms with Gasteiger partial charge in [-0.25, -0.2) is 13.1 Å². The molecule has 6 nitrogen and oxygen atoms in total. The number of rotatable bonds is 8. The summed E-state index contributed by atoms with van der Waals surface area (Å²) >= 11 is 11.9. The van der Waals surface area contributed by atoms with Crippen LogP contribution in [-0.4, -0.2) is 28.0 Å². The van der Waals surface area contributed by atoms with Gasteiger partial charge < -0.3 is 10.1 Å². The first-order chi connectivity index (χ1) is 14.8. The molecule has 0 aliphatic heterocycles. The molecule has 0 spiro atoms. The largest absolute Gasteiger partial charge is 0.495 e. The fraction of sp³-hybridized carbons (Fsp3) is 0.136. The summed E-state index contributed by atoms with van der Waals surface area (Å²) in [5.74, 6) is -0.378. The summed E-state index contributed by atoms with van der Waals surface area (Å²) in [7, 11) is -2.55. The van der Waals surface area contributed by atoms with Gasteiger partial charge in [-0.3, -0.25) is 4.79 Å². The van der Waals surface area contributed by atoms with Crippen LogP contribution in [0.1, 0.15) is 15.9 Å². The lowest BCUT2D eigenvalue weighted by molar-refractivity contribution is 0.102. The monoisotopic (exact) mass is 478 g/mol. The Balaban J connectivity index is 1.79. The van der Waals surface area contributed by atoms with E-state index >= 15 is 0 Å². The van der Waals surface area contributed by atoms with Crippen molar-refractivity contribution in [1.29, 1.82) is 0 Å². The molecular formula is C22H20Cl2N2O4S. The van der Waals surface area contributed by atoms with Gasteiger partial charge in [-0.1, -0.05) is 53.5 Å². The van der Waals surface area contributed by atoms with E-state index < -0.39 is 15.9 Å². The Morgan fingerprint density at radius 1 is 0.968 bits per heavy atom. The molecule has 3 aromatic carbocycles. The molecule has 2 N–H and O–H groups in total. The van der Waals surface area contributed by atoms with Crippen molar-refractivity contribution in [2.24, 2.45) is 0 Å². The van der Waals surface area contributed by atoms with Crippen LogP contribution in [0.15, 0.2) is 71.6 Å². The maximum Gasteiger partial charge on any atom is 0.255 e. The van der Waals surface area contributed by atoms with Crippen molar-refractivity contribution in [3.63, 3.8) is 0 Å². The topological polar surface area (TPSA) is 84.5 Å². The lowest BCUT2D eigenvalue weighted by Crippen LogP contribution is -2.27. The first-order valence-electron chi connectivity index (χ1n) is 9.27. The van der Waals surface area contributed by atoms with Crippen LogP contribution in [0.25, 0.3) is 0 Å². The van der Waals surface area contributed by atoms with Crippen LogP contribution in [0, 0.1) is 0 Å². The van der Waals surface area contributed by atoms with Gasteiger partial charge in [0.25, 0.3) is 5.91 Å². The van der Waals surface area contributed by atoms with Crippen LogP contribution >= 0.6 is 23.2 Å². The minimum atomic E-state index is -3.91. The minimum Gasteiger partial charge on any atom is -0.495 e. The van der Waals surface area contributed by atoms with Crippen LogP contribution in [0.4, 0.5) is 5.69 Å². The van der Waals surface area contributed by atoms with Gasteiger partial charge in [0.15, 0.2) is 0 Å². The number of carbonyl (C=O) groups is 1. The molecule has 162 valence electrons. The molecule has 0 saturated heterocycles. The number of amides is 1. The van der Waals surface area contributed by atoms with E-state index in [2.05, 4.69) is 10.0 Å². The highest BCUT2D eigenvalue weighted by Gasteiger charge is 2.21. The smallest absolute Gasteiger partial charge is 0.255 e. The first-order valence-corrected chi connectivity index (χ1v) is 11.5. The third kappa shape index (κ3) is 6.21. The summed E-state index contributed by atoms with van der Waals surface area (Å²) in [6, 6.07) is 18.3. The number of sulfonamides is 1. The lowest BCUT2D eigenvalue weighted by Gasteiger charge is -2.13. The maximum absolute atomic E-state index is 12.9. The summed E-state index contributed by atoms with van der Waals surface area (Å²) in [6.07, 6.45) is 0.526. The van der Waals surface area contributed by atoms with Crippen LogP contribution in [0.2, 0.25) is 10.0 Å². The molecule has 0 aliphatic carbocycles. The summed E-state index contributed by atoms with van der Waals surface area (Å²) in [4.78, 5) is 12.5. The highest BCUT2D eigenvalue weighted by atomic mass is 35.5. The van der Waals surface area contributed by atoms with Crippen LogP contribution in [0.5, 0.6) is 5.75 Å². The summed E-state index contributed by atoms with van der Waals surface area (Å²) in [6.45, 7) is 0.201. The summed E-state index contributed by atoms with van der Waals surface area (Å²) < 4.78 is 33.5. The van der Waals surface area contributed by atoms with Crippen molar-refractivity contribution in [2.75, 3.05) is 19.0 Å². The first kappa shape index (κ1) is 23.1. The standard InChI is InChI=1S/C22H20Cl2N2O4S/c1-30-20-8-7-16(22(27)26-19-13-17(23)12-18(24)14-19)11-21(20)31(28,29)25-10-9-15-5-3-2-4-6-15/h2-8,11-14,25H,9-10H2,1H3,(H,26,27). The highest BCUT2D eigenvalue weighted by Crippen LogP contribution is 2.26. The average molecular weight is 479 g/mol. The molecule has 0 heterocycles. The second-order valence-corrected chi connectivity index (χ2v) is 9.22. The van der Waals surface area contributed by atoms with E-state index in [0.717, 1.165) is 5.56 Å². The van der Waals surface area contributed by atoms with Crippen LogP contribution in [0.3, 0.4) is 0 Å². The molecule has 0 aliphatic rings. The van der Waals surface area contributed by atoms with Crippen molar-refractivity contribution in [1.82, 2.24) is 4.72 Å². The predicted octanol–water partition coefficient (Wildman–Crippen LogP) is 4.78. The van der Waals surface area contributed by atoms with Crippen molar-refractivity contribution >= 4 is 44.8 Å². The van der Waals surface area contributed by atoms with E-state index in [9.17, 15) is 13.2 Å². The average Bonchev–Trinajstić information content (AvgIpc) is 2.73. The number of halogens is 2. The Labute approximate surface area is 191 Å². The van der Waals surface area contributed by atoms with Crippen molar-refractivity contribution in [2.45, 2.75) is 11.3 Å². The zero-order valence-electron chi connectivity index (χ0n) is 16.6. The minimum absolute atomic E-state index is 0.125. The van der Waals surface area contributed by atoms with Gasteiger partial charge in [0.05, 0.1) is 7.11 Å². The number of hydrogen-bond donors (Lipinski definition) is 2. The van der Waals surface area contributed by atoms with Gasteiger partial charge in [0.1, 0.15) is 10.6 Å². The van der Waals surface area contributed by atoms with Crippen LogP contribution in [-0.2, 0) is 16.4 Å². The van der Waals surface area contributed by atoms with E-state index in [1.54, 1.807) is 0 Å². The second kappa shape index (κ2) is 10.2. The third-order valence-corrected chi connectivity index (χ3v) is 6.30. The van der Waals surface area contributed by atoms with E-state index in [-0.39, 0.29) is 22.8 Å². The molecule has 1 amide bonds. The number of ether oxygens (including phenoxy) is 1. The molecule has 0 atom stereocenters. The van der Waals surface area contributed by atoms with Gasteiger partial charge in [-0.05, 0) is 48.4 Å². The number of hydrogen-bond acceptors (Lipinski definition) is 4. The molecule has 0 fully saturated rings. The Morgan fingerprint density at radius 3 is 2.29 bits per heavy atom. The van der Waals surface area contributed by atoms with Crippen molar-refractivity contribution in [3.8, 4) is 5.75 Å². The zero-order valence-corrected chi connectivity index (χ0v) is 18.9. The van der Waals surface area contributed by atoms with Gasteiger partial charge in [0.2, 0.25) is 10.0 Å². The number of methoxy groups -OCH3 is 1. The SMILES string of the molecule is COc1ccc(C(=O)Nc2cc(Cl)cc(Cl)c2)cc1S(=O)(=O)NCCc1ccccc1. The zero-order chi connectivity index (χ0) is 22.4. The van der Waals surface area contributed by atoms with E-state index in [1.807, 2.05) is 30.3 Å². The Hall–Kier alpha value is -2.58. The van der Waals surface area contributed by atoms with Crippen LogP contribution < -0.4 is 14.8 Å². The maximum atomic E-state index is 12.9. The Kier molecular flexibility index (Phi) is 7.56. The molecule has 0 radical (unpaired) electrons. The third-order valence-electron chi connectivity index (χ3n) is 4.38. The fourth-order valence-corrected chi connectivity index (χ4v) is 4.66. The normalized spacial score (nSPS) is 11.2. The molecule has 0 unspecified atom stereocenters. The number of anilines is 1. The van der Waals surface area contributed by atoms with Gasteiger partial charge in [-0.2, -0.15) is 0 Å². The second-order valence-electron chi connectivity index (χ2n) is 6.61. The molecule has 3 aromatic rings. The number of carbonyl (C=O) groups excluding carboxylic acids is 1.